The standard InChI is InChI=1S/C25H26FN3O4S/c1-18-6-7-21(17-23(18)26)25(31)29-14-12-28(13-15-29)24(30)10-11-27-34(32,33)22-9-8-19-4-2-3-5-20(19)16-22/h2-9,16-17,27H,10-15H2,1H3. The van der Waals surface area contributed by atoms with Crippen molar-refractivity contribution in [3.8, 4) is 0 Å². The molecule has 3 aromatic rings. The van der Waals surface area contributed by atoms with Gasteiger partial charge in [-0.05, 0) is 47.5 Å². The molecule has 0 unspecified atom stereocenters. The molecule has 1 N–H and O–H groups in total. The van der Waals surface area contributed by atoms with Crippen molar-refractivity contribution in [3.05, 3.63) is 77.6 Å². The zero-order valence-electron chi connectivity index (χ0n) is 18.8. The summed E-state index contributed by atoms with van der Waals surface area (Å²) in [6, 6.07) is 16.8. The van der Waals surface area contributed by atoms with Gasteiger partial charge < -0.3 is 9.80 Å². The first-order valence-electron chi connectivity index (χ1n) is 11.1. The Labute approximate surface area is 198 Å². The van der Waals surface area contributed by atoms with Crippen molar-refractivity contribution in [2.45, 2.75) is 18.2 Å². The number of hydrogen-bond donors (Lipinski definition) is 1. The van der Waals surface area contributed by atoms with Gasteiger partial charge in [0, 0.05) is 44.7 Å². The highest BCUT2D eigenvalue weighted by Gasteiger charge is 2.25. The van der Waals surface area contributed by atoms with E-state index in [2.05, 4.69) is 4.72 Å². The Hall–Kier alpha value is -3.30. The smallest absolute Gasteiger partial charge is 0.254 e. The van der Waals surface area contributed by atoms with Crippen LogP contribution in [0, 0.1) is 12.7 Å². The predicted octanol–water partition coefficient (Wildman–Crippen LogP) is 2.94. The Morgan fingerprint density at radius 3 is 2.29 bits per heavy atom. The van der Waals surface area contributed by atoms with Crippen molar-refractivity contribution in [1.82, 2.24) is 14.5 Å². The highest BCUT2D eigenvalue weighted by Crippen LogP contribution is 2.19. The SMILES string of the molecule is Cc1ccc(C(=O)N2CCN(C(=O)CCNS(=O)(=O)c3ccc4ccccc4c3)CC2)cc1F. The van der Waals surface area contributed by atoms with Crippen molar-refractivity contribution < 1.29 is 22.4 Å². The van der Waals surface area contributed by atoms with Gasteiger partial charge in [-0.2, -0.15) is 0 Å². The first kappa shape index (κ1) is 23.8. The van der Waals surface area contributed by atoms with Gasteiger partial charge in [0.2, 0.25) is 15.9 Å². The summed E-state index contributed by atoms with van der Waals surface area (Å²) in [6.07, 6.45) is 0.0178. The number of nitrogens with one attached hydrogen (secondary N) is 1. The third kappa shape index (κ3) is 5.26. The van der Waals surface area contributed by atoms with Crippen LogP contribution in [0.1, 0.15) is 22.3 Å². The molecule has 1 fully saturated rings. The molecular formula is C25H26FN3O4S. The number of carbonyl (C=O) groups is 2. The van der Waals surface area contributed by atoms with Crippen molar-refractivity contribution in [2.24, 2.45) is 0 Å². The number of nitrogens with zero attached hydrogens (tertiary/aromatic N) is 2. The lowest BCUT2D eigenvalue weighted by Crippen LogP contribution is -2.51. The van der Waals surface area contributed by atoms with Gasteiger partial charge in [0.15, 0.2) is 0 Å². The molecule has 1 heterocycles. The largest absolute Gasteiger partial charge is 0.339 e. The van der Waals surface area contributed by atoms with Gasteiger partial charge >= 0.3 is 0 Å². The zero-order chi connectivity index (χ0) is 24.3. The molecule has 0 aromatic heterocycles. The molecule has 0 aliphatic carbocycles. The fourth-order valence-electron chi connectivity index (χ4n) is 3.94. The normalized spacial score (nSPS) is 14.4. The maximum absolute atomic E-state index is 13.8. The van der Waals surface area contributed by atoms with Crippen molar-refractivity contribution >= 4 is 32.6 Å². The predicted molar refractivity (Wildman–Crippen MR) is 127 cm³/mol. The third-order valence-electron chi connectivity index (χ3n) is 6.00. The summed E-state index contributed by atoms with van der Waals surface area (Å²) < 4.78 is 41.5. The number of rotatable bonds is 6. The van der Waals surface area contributed by atoms with Crippen LogP contribution in [0.4, 0.5) is 4.39 Å². The maximum Gasteiger partial charge on any atom is 0.254 e. The van der Waals surface area contributed by atoms with Gasteiger partial charge in [0.05, 0.1) is 4.90 Å². The molecule has 1 saturated heterocycles. The van der Waals surface area contributed by atoms with Crippen LogP contribution in [0.15, 0.2) is 65.6 Å². The molecule has 9 heteroatoms. The Balaban J connectivity index is 1.27. The molecule has 34 heavy (non-hydrogen) atoms. The zero-order valence-corrected chi connectivity index (χ0v) is 19.6. The lowest BCUT2D eigenvalue weighted by molar-refractivity contribution is -0.132. The van der Waals surface area contributed by atoms with E-state index in [4.69, 9.17) is 0 Å². The van der Waals surface area contributed by atoms with Gasteiger partial charge in [-0.3, -0.25) is 9.59 Å². The first-order valence-corrected chi connectivity index (χ1v) is 12.5. The maximum atomic E-state index is 13.8. The van der Waals surface area contributed by atoms with E-state index in [9.17, 15) is 22.4 Å². The lowest BCUT2D eigenvalue weighted by Gasteiger charge is -2.35. The highest BCUT2D eigenvalue weighted by atomic mass is 32.2. The number of piperazine rings is 1. The number of hydrogen-bond acceptors (Lipinski definition) is 4. The molecule has 1 aliphatic rings. The second-order valence-corrected chi connectivity index (χ2v) is 10.1. The minimum absolute atomic E-state index is 0.0178. The van der Waals surface area contributed by atoms with E-state index in [1.165, 1.54) is 6.07 Å². The highest BCUT2D eigenvalue weighted by molar-refractivity contribution is 7.89. The lowest BCUT2D eigenvalue weighted by atomic mass is 10.1. The van der Waals surface area contributed by atoms with Crippen LogP contribution in [0.25, 0.3) is 10.8 Å². The Morgan fingerprint density at radius 1 is 0.912 bits per heavy atom. The van der Waals surface area contributed by atoms with E-state index in [0.717, 1.165) is 10.8 Å². The summed E-state index contributed by atoms with van der Waals surface area (Å²) in [5.41, 5.74) is 0.758. The van der Waals surface area contributed by atoms with Crippen LogP contribution in [0.3, 0.4) is 0 Å². The van der Waals surface area contributed by atoms with Gasteiger partial charge in [-0.1, -0.05) is 36.4 Å². The van der Waals surface area contributed by atoms with Crippen molar-refractivity contribution in [2.75, 3.05) is 32.7 Å². The molecule has 1 aliphatic heterocycles. The Kier molecular flexibility index (Phi) is 6.95. The van der Waals surface area contributed by atoms with Gasteiger partial charge in [-0.25, -0.2) is 17.5 Å². The number of fused-ring (bicyclic) bond motifs is 1. The quantitative estimate of drug-likeness (QED) is 0.584. The van der Waals surface area contributed by atoms with E-state index in [1.54, 1.807) is 47.1 Å². The van der Waals surface area contributed by atoms with E-state index in [0.29, 0.717) is 31.7 Å². The second-order valence-electron chi connectivity index (χ2n) is 8.29. The summed E-state index contributed by atoms with van der Waals surface area (Å²) in [4.78, 5) is 28.5. The average molecular weight is 484 g/mol. The third-order valence-corrected chi connectivity index (χ3v) is 7.46. The summed E-state index contributed by atoms with van der Waals surface area (Å²) in [5, 5.41) is 1.77. The second kappa shape index (κ2) is 9.90. The number of halogens is 1. The molecule has 4 rings (SSSR count). The van der Waals surface area contributed by atoms with Gasteiger partial charge in [-0.15, -0.1) is 0 Å². The number of sulfonamides is 1. The number of aryl methyl sites for hydroxylation is 1. The molecule has 3 aromatic carbocycles. The Morgan fingerprint density at radius 2 is 1.59 bits per heavy atom. The molecular weight excluding hydrogens is 457 g/mol. The summed E-state index contributed by atoms with van der Waals surface area (Å²) in [7, 11) is -3.74. The van der Waals surface area contributed by atoms with Crippen LogP contribution in [-0.2, 0) is 14.8 Å². The van der Waals surface area contributed by atoms with Crippen molar-refractivity contribution in [3.63, 3.8) is 0 Å². The van der Waals surface area contributed by atoms with E-state index >= 15 is 0 Å². The molecule has 0 spiro atoms. The van der Waals surface area contributed by atoms with E-state index in [1.807, 2.05) is 24.3 Å². The molecule has 0 radical (unpaired) electrons. The average Bonchev–Trinajstić information content (AvgIpc) is 2.85. The summed E-state index contributed by atoms with van der Waals surface area (Å²) in [6.45, 7) is 2.98. The summed E-state index contributed by atoms with van der Waals surface area (Å²) >= 11 is 0. The van der Waals surface area contributed by atoms with E-state index < -0.39 is 15.8 Å². The molecule has 0 atom stereocenters. The van der Waals surface area contributed by atoms with Crippen LogP contribution in [-0.4, -0.2) is 62.8 Å². The van der Waals surface area contributed by atoms with Crippen LogP contribution >= 0.6 is 0 Å². The van der Waals surface area contributed by atoms with Crippen LogP contribution in [0.5, 0.6) is 0 Å². The van der Waals surface area contributed by atoms with Crippen molar-refractivity contribution in [1.29, 1.82) is 0 Å². The molecule has 178 valence electrons. The van der Waals surface area contributed by atoms with Crippen LogP contribution in [0.2, 0.25) is 0 Å². The minimum Gasteiger partial charge on any atom is -0.339 e. The first-order chi connectivity index (χ1) is 16.2. The minimum atomic E-state index is -3.74. The monoisotopic (exact) mass is 483 g/mol. The molecule has 0 bridgehead atoms. The number of benzene rings is 3. The number of carbonyl (C=O) groups excluding carboxylic acids is 2. The fraction of sp³-hybridized carbons (Fsp3) is 0.280. The van der Waals surface area contributed by atoms with Crippen LogP contribution < -0.4 is 4.72 Å². The molecule has 0 saturated carbocycles. The fourth-order valence-corrected chi connectivity index (χ4v) is 5.00. The summed E-state index contributed by atoms with van der Waals surface area (Å²) in [5.74, 6) is -0.880. The van der Waals surface area contributed by atoms with E-state index in [-0.39, 0.29) is 35.2 Å². The van der Waals surface area contributed by atoms with Gasteiger partial charge in [0.25, 0.3) is 5.91 Å². The molecule has 2 amide bonds. The van der Waals surface area contributed by atoms with Gasteiger partial charge in [0.1, 0.15) is 5.82 Å². The topological polar surface area (TPSA) is 86.8 Å². The number of amides is 2. The molecule has 7 nitrogen and oxygen atoms in total. The Bertz CT molecular complexity index is 1330.